The summed E-state index contributed by atoms with van der Waals surface area (Å²) < 4.78 is 6.97. The van der Waals surface area contributed by atoms with Gasteiger partial charge in [0, 0.05) is 25.4 Å². The van der Waals surface area contributed by atoms with Crippen LogP contribution in [-0.4, -0.2) is 28.6 Å². The van der Waals surface area contributed by atoms with Crippen LogP contribution >= 0.6 is 0 Å². The van der Waals surface area contributed by atoms with Crippen molar-refractivity contribution >= 4 is 5.69 Å². The van der Waals surface area contributed by atoms with E-state index in [9.17, 15) is 10.1 Å². The number of benzene rings is 1. The van der Waals surface area contributed by atoms with E-state index in [4.69, 9.17) is 4.74 Å². The van der Waals surface area contributed by atoms with Gasteiger partial charge in [-0.25, -0.2) is 4.98 Å². The molecule has 20 heavy (non-hydrogen) atoms. The number of rotatable bonds is 6. The van der Waals surface area contributed by atoms with Crippen molar-refractivity contribution in [3.8, 4) is 5.75 Å². The molecule has 106 valence electrons. The number of nitrogens with one attached hydrogen (secondary N) is 1. The van der Waals surface area contributed by atoms with Crippen LogP contribution in [0.4, 0.5) is 5.69 Å². The second kappa shape index (κ2) is 6.16. The lowest BCUT2D eigenvalue weighted by molar-refractivity contribution is -0.385. The molecule has 0 unspecified atom stereocenters. The fraction of sp³-hybridized carbons (Fsp3) is 0.308. The summed E-state index contributed by atoms with van der Waals surface area (Å²) in [6.45, 7) is 1.19. The van der Waals surface area contributed by atoms with E-state index >= 15 is 0 Å². The molecular weight excluding hydrogens is 260 g/mol. The minimum Gasteiger partial charge on any atom is -0.496 e. The molecule has 0 radical (unpaired) electrons. The third-order valence-corrected chi connectivity index (χ3v) is 2.81. The van der Waals surface area contributed by atoms with Gasteiger partial charge in [0.1, 0.15) is 5.75 Å². The first-order valence-electron chi connectivity index (χ1n) is 6.10. The fourth-order valence-electron chi connectivity index (χ4n) is 1.93. The number of nitro groups is 1. The molecule has 0 amide bonds. The van der Waals surface area contributed by atoms with Gasteiger partial charge in [-0.05, 0) is 18.7 Å². The zero-order chi connectivity index (χ0) is 14.5. The van der Waals surface area contributed by atoms with E-state index in [0.29, 0.717) is 18.8 Å². The first kappa shape index (κ1) is 14.0. The second-order valence-corrected chi connectivity index (χ2v) is 4.36. The second-order valence-electron chi connectivity index (χ2n) is 4.36. The monoisotopic (exact) mass is 276 g/mol. The Hall–Kier alpha value is -2.41. The minimum atomic E-state index is -0.424. The number of nitro benzene ring substituents is 1. The van der Waals surface area contributed by atoms with E-state index in [1.807, 2.05) is 17.8 Å². The van der Waals surface area contributed by atoms with Gasteiger partial charge >= 0.3 is 0 Å². The first-order chi connectivity index (χ1) is 9.62. The highest BCUT2D eigenvalue weighted by molar-refractivity contribution is 5.42. The van der Waals surface area contributed by atoms with Crippen LogP contribution in [0.15, 0.2) is 30.7 Å². The Morgan fingerprint density at radius 3 is 2.90 bits per heavy atom. The zero-order valence-corrected chi connectivity index (χ0v) is 11.4. The molecule has 1 aromatic heterocycles. The summed E-state index contributed by atoms with van der Waals surface area (Å²) in [6.07, 6.45) is 3.61. The Bertz CT molecular complexity index is 609. The number of nitrogens with zero attached hydrogens (tertiary/aromatic N) is 3. The van der Waals surface area contributed by atoms with E-state index in [1.165, 1.54) is 13.2 Å². The lowest BCUT2D eigenvalue weighted by atomic mass is 10.2. The average molecular weight is 276 g/mol. The van der Waals surface area contributed by atoms with Crippen molar-refractivity contribution in [2.24, 2.45) is 0 Å². The molecule has 0 aliphatic carbocycles. The molecule has 1 N–H and O–H groups in total. The molecule has 1 heterocycles. The predicted molar refractivity (Wildman–Crippen MR) is 73.7 cm³/mol. The summed E-state index contributed by atoms with van der Waals surface area (Å²) in [4.78, 5) is 14.7. The van der Waals surface area contributed by atoms with Crippen LogP contribution in [0.3, 0.4) is 0 Å². The van der Waals surface area contributed by atoms with Crippen LogP contribution in [0, 0.1) is 10.1 Å². The topological polar surface area (TPSA) is 82.2 Å². The summed E-state index contributed by atoms with van der Waals surface area (Å²) in [6, 6.07) is 4.73. The van der Waals surface area contributed by atoms with Gasteiger partial charge in [-0.15, -0.1) is 0 Å². The standard InChI is InChI=1S/C13H16N4O3/c1-14-6-11-8-16(9-15-11)7-10-3-12(17(18)19)5-13(4-10)20-2/h3-5,8-9,14H,6-7H2,1-2H3. The fourth-order valence-corrected chi connectivity index (χ4v) is 1.93. The molecule has 0 saturated carbocycles. The SMILES string of the molecule is CNCc1cn(Cc2cc(OC)cc([N+](=O)[O-])c2)cn1. The van der Waals surface area contributed by atoms with Crippen LogP contribution in [0.25, 0.3) is 0 Å². The van der Waals surface area contributed by atoms with Crippen LogP contribution in [0.1, 0.15) is 11.3 Å². The lowest BCUT2D eigenvalue weighted by Crippen LogP contribution is -2.05. The number of methoxy groups -OCH3 is 1. The zero-order valence-electron chi connectivity index (χ0n) is 11.4. The van der Waals surface area contributed by atoms with Crippen LogP contribution in [0.5, 0.6) is 5.75 Å². The number of non-ortho nitro benzene ring substituents is 1. The van der Waals surface area contributed by atoms with Crippen molar-refractivity contribution in [3.63, 3.8) is 0 Å². The minimum absolute atomic E-state index is 0.0231. The molecule has 7 heteroatoms. The van der Waals surface area contributed by atoms with Crippen molar-refractivity contribution in [2.45, 2.75) is 13.1 Å². The highest BCUT2D eigenvalue weighted by Crippen LogP contribution is 2.23. The van der Waals surface area contributed by atoms with E-state index in [0.717, 1.165) is 11.3 Å². The third kappa shape index (κ3) is 3.33. The van der Waals surface area contributed by atoms with E-state index < -0.39 is 4.92 Å². The van der Waals surface area contributed by atoms with Gasteiger partial charge in [0.15, 0.2) is 0 Å². The molecule has 0 fully saturated rings. The van der Waals surface area contributed by atoms with Gasteiger partial charge in [0.05, 0.1) is 30.1 Å². The van der Waals surface area contributed by atoms with Crippen LogP contribution in [0.2, 0.25) is 0 Å². The Morgan fingerprint density at radius 2 is 2.25 bits per heavy atom. The maximum atomic E-state index is 10.9. The molecule has 0 spiro atoms. The molecule has 0 aliphatic heterocycles. The number of hydrogen-bond donors (Lipinski definition) is 1. The quantitative estimate of drug-likeness (QED) is 0.639. The molecule has 7 nitrogen and oxygen atoms in total. The first-order valence-corrected chi connectivity index (χ1v) is 6.10. The third-order valence-electron chi connectivity index (χ3n) is 2.81. The smallest absolute Gasteiger partial charge is 0.273 e. The molecule has 2 rings (SSSR count). The number of aromatic nitrogens is 2. The van der Waals surface area contributed by atoms with Crippen molar-refractivity contribution in [3.05, 3.63) is 52.1 Å². The van der Waals surface area contributed by atoms with Crippen LogP contribution < -0.4 is 10.1 Å². The van der Waals surface area contributed by atoms with Gasteiger partial charge in [0.2, 0.25) is 0 Å². The molecule has 0 saturated heterocycles. The molecule has 1 aromatic carbocycles. The normalized spacial score (nSPS) is 10.5. The Labute approximate surface area is 116 Å². The van der Waals surface area contributed by atoms with Gasteiger partial charge in [-0.3, -0.25) is 10.1 Å². The molecule has 2 aromatic rings. The molecular formula is C13H16N4O3. The van der Waals surface area contributed by atoms with E-state index in [-0.39, 0.29) is 5.69 Å². The Morgan fingerprint density at radius 1 is 1.45 bits per heavy atom. The maximum absolute atomic E-state index is 10.9. The van der Waals surface area contributed by atoms with E-state index in [2.05, 4.69) is 10.3 Å². The average Bonchev–Trinajstić information content (AvgIpc) is 2.86. The summed E-state index contributed by atoms with van der Waals surface area (Å²) >= 11 is 0. The van der Waals surface area contributed by atoms with Gasteiger partial charge in [0.25, 0.3) is 5.69 Å². The molecule has 0 aliphatic rings. The summed E-state index contributed by atoms with van der Waals surface area (Å²) in [5.41, 5.74) is 1.74. The summed E-state index contributed by atoms with van der Waals surface area (Å²) in [7, 11) is 3.34. The van der Waals surface area contributed by atoms with Crippen LogP contribution in [-0.2, 0) is 13.1 Å². The predicted octanol–water partition coefficient (Wildman–Crippen LogP) is 1.57. The van der Waals surface area contributed by atoms with Crippen molar-refractivity contribution < 1.29 is 9.66 Å². The van der Waals surface area contributed by atoms with Gasteiger partial charge in [-0.2, -0.15) is 0 Å². The summed E-state index contributed by atoms with van der Waals surface area (Å²) in [5.74, 6) is 0.477. The maximum Gasteiger partial charge on any atom is 0.273 e. The van der Waals surface area contributed by atoms with Crippen molar-refractivity contribution in [2.75, 3.05) is 14.2 Å². The van der Waals surface area contributed by atoms with Crippen molar-refractivity contribution in [1.82, 2.24) is 14.9 Å². The highest BCUT2D eigenvalue weighted by atomic mass is 16.6. The van der Waals surface area contributed by atoms with Gasteiger partial charge < -0.3 is 14.6 Å². The molecule has 0 atom stereocenters. The largest absolute Gasteiger partial charge is 0.496 e. The Kier molecular flexibility index (Phi) is 4.31. The van der Waals surface area contributed by atoms with E-state index in [1.54, 1.807) is 18.5 Å². The lowest BCUT2D eigenvalue weighted by Gasteiger charge is -2.06. The van der Waals surface area contributed by atoms with Crippen molar-refractivity contribution in [1.29, 1.82) is 0 Å². The number of imidazole rings is 1. The van der Waals surface area contributed by atoms with Gasteiger partial charge in [-0.1, -0.05) is 0 Å². The summed E-state index contributed by atoms with van der Waals surface area (Å²) in [5, 5.41) is 13.9. The molecule has 0 bridgehead atoms. The Balaban J connectivity index is 2.22. The highest BCUT2D eigenvalue weighted by Gasteiger charge is 2.10. The number of hydrogen-bond acceptors (Lipinski definition) is 5. The number of ether oxygens (including phenoxy) is 1.